The molecule has 3 nitrogen and oxygen atoms in total. The molecule has 2 N–H and O–H groups in total. The number of carbonyl (C=O) groups excluding carboxylic acids is 1. The summed E-state index contributed by atoms with van der Waals surface area (Å²) in [6.45, 7) is 1.64. The van der Waals surface area contributed by atoms with E-state index in [0.717, 1.165) is 24.1 Å². The fourth-order valence-corrected chi connectivity index (χ4v) is 2.04. The van der Waals surface area contributed by atoms with Gasteiger partial charge in [-0.1, -0.05) is 6.08 Å². The molecule has 74 valence electrons. The van der Waals surface area contributed by atoms with Crippen LogP contribution in [0.4, 0.5) is 0 Å². The van der Waals surface area contributed by atoms with E-state index in [-0.39, 0.29) is 17.7 Å². The maximum absolute atomic E-state index is 11.4. The monoisotopic (exact) mass is 190 g/mol. The highest BCUT2D eigenvalue weighted by molar-refractivity contribution is 5.85. The zero-order chi connectivity index (χ0) is 10.1. The molecule has 0 aromatic carbocycles. The van der Waals surface area contributed by atoms with Crippen LogP contribution in [-0.2, 0) is 4.79 Å². The van der Waals surface area contributed by atoms with Crippen LogP contribution >= 0.6 is 0 Å². The molecule has 0 radical (unpaired) electrons. The van der Waals surface area contributed by atoms with Gasteiger partial charge in [-0.25, -0.2) is 0 Å². The molecule has 0 amide bonds. The van der Waals surface area contributed by atoms with Crippen molar-refractivity contribution in [1.29, 1.82) is 0 Å². The number of hydrogen-bond acceptors (Lipinski definition) is 3. The average molecular weight is 190 g/mol. The second-order valence-corrected chi connectivity index (χ2v) is 3.83. The van der Waals surface area contributed by atoms with Crippen LogP contribution in [0.5, 0.6) is 0 Å². The summed E-state index contributed by atoms with van der Waals surface area (Å²) in [4.78, 5) is 15.8. The van der Waals surface area contributed by atoms with Crippen molar-refractivity contribution in [3.63, 3.8) is 0 Å². The summed E-state index contributed by atoms with van der Waals surface area (Å²) in [5, 5.41) is 0. The molecule has 2 unspecified atom stereocenters. The summed E-state index contributed by atoms with van der Waals surface area (Å²) in [6.07, 6.45) is 7.30. The summed E-state index contributed by atoms with van der Waals surface area (Å²) in [6, 6.07) is 0.157. The molecule has 1 aliphatic carbocycles. The lowest BCUT2D eigenvalue weighted by Gasteiger charge is -2.28. The fraction of sp³-hybridized carbons (Fsp3) is 0.455. The Labute approximate surface area is 83.4 Å². The largest absolute Gasteiger partial charge is 0.399 e. The lowest BCUT2D eigenvalue weighted by Crippen LogP contribution is -2.28. The molecular formula is C11H14N2O. The van der Waals surface area contributed by atoms with Crippen LogP contribution in [0.2, 0.25) is 0 Å². The lowest BCUT2D eigenvalue weighted by atomic mass is 9.81. The van der Waals surface area contributed by atoms with Crippen LogP contribution in [0.3, 0.4) is 0 Å². The Balaban J connectivity index is 2.35. The fourth-order valence-electron chi connectivity index (χ4n) is 2.04. The van der Waals surface area contributed by atoms with Gasteiger partial charge in [0.1, 0.15) is 5.78 Å². The van der Waals surface area contributed by atoms with E-state index in [1.807, 2.05) is 18.4 Å². The zero-order valence-electron chi connectivity index (χ0n) is 8.23. The van der Waals surface area contributed by atoms with E-state index in [0.29, 0.717) is 0 Å². The highest BCUT2D eigenvalue weighted by Gasteiger charge is 2.29. The minimum atomic E-state index is 0.00440. The molecule has 1 heterocycles. The van der Waals surface area contributed by atoms with E-state index < -0.39 is 0 Å². The molecule has 0 aromatic rings. The Morgan fingerprint density at radius 2 is 2.36 bits per heavy atom. The molecule has 0 bridgehead atoms. The van der Waals surface area contributed by atoms with Gasteiger partial charge in [0.15, 0.2) is 0 Å². The third-order valence-electron chi connectivity index (χ3n) is 2.81. The Morgan fingerprint density at radius 1 is 1.57 bits per heavy atom. The van der Waals surface area contributed by atoms with E-state index in [9.17, 15) is 4.79 Å². The number of ketones is 1. The van der Waals surface area contributed by atoms with Crippen molar-refractivity contribution >= 4 is 12.0 Å². The van der Waals surface area contributed by atoms with Gasteiger partial charge in [-0.3, -0.25) is 9.79 Å². The summed E-state index contributed by atoms with van der Waals surface area (Å²) in [7, 11) is 0. The van der Waals surface area contributed by atoms with Gasteiger partial charge >= 0.3 is 0 Å². The van der Waals surface area contributed by atoms with Gasteiger partial charge in [0.05, 0.1) is 6.04 Å². The van der Waals surface area contributed by atoms with Gasteiger partial charge in [0, 0.05) is 17.8 Å². The number of rotatable bonds is 1. The predicted octanol–water partition coefficient (Wildman–Crippen LogP) is 1.21. The van der Waals surface area contributed by atoms with Crippen LogP contribution in [0, 0.1) is 5.92 Å². The molecule has 0 aromatic heterocycles. The summed E-state index contributed by atoms with van der Waals surface area (Å²) >= 11 is 0. The van der Waals surface area contributed by atoms with E-state index in [1.165, 1.54) is 0 Å². The number of hydrogen-bond donors (Lipinski definition) is 1. The topological polar surface area (TPSA) is 55.5 Å². The maximum Gasteiger partial charge on any atom is 0.137 e. The first-order valence-electron chi connectivity index (χ1n) is 4.87. The van der Waals surface area contributed by atoms with Crippen molar-refractivity contribution in [3.8, 4) is 0 Å². The molecule has 1 aliphatic heterocycles. The normalized spacial score (nSPS) is 30.4. The number of Topliss-reactive ketones (excluding diaryl/α,β-unsaturated/α-hetero) is 1. The second-order valence-electron chi connectivity index (χ2n) is 3.83. The first kappa shape index (κ1) is 9.19. The van der Waals surface area contributed by atoms with E-state index in [2.05, 4.69) is 4.99 Å². The van der Waals surface area contributed by atoms with Gasteiger partial charge in [-0.05, 0) is 31.4 Å². The Kier molecular flexibility index (Phi) is 2.23. The molecule has 0 spiro atoms. The molecule has 2 aliphatic rings. The Bertz CT molecular complexity index is 352. The smallest absolute Gasteiger partial charge is 0.137 e. The lowest BCUT2D eigenvalue weighted by molar-refractivity contribution is -0.119. The number of allylic oxidation sites excluding steroid dienone is 1. The van der Waals surface area contributed by atoms with Crippen LogP contribution in [0.25, 0.3) is 0 Å². The number of aliphatic imine (C=N–C) groups is 1. The van der Waals surface area contributed by atoms with Crippen molar-refractivity contribution in [2.75, 3.05) is 0 Å². The van der Waals surface area contributed by atoms with Crippen molar-refractivity contribution < 1.29 is 4.79 Å². The quantitative estimate of drug-likeness (QED) is 0.675. The highest BCUT2D eigenvalue weighted by Crippen LogP contribution is 2.30. The molecular weight excluding hydrogens is 176 g/mol. The second kappa shape index (κ2) is 3.40. The number of nitrogens with two attached hydrogens (primary N) is 1. The van der Waals surface area contributed by atoms with E-state index >= 15 is 0 Å². The first-order chi connectivity index (χ1) is 6.68. The van der Waals surface area contributed by atoms with Gasteiger partial charge in [-0.2, -0.15) is 0 Å². The van der Waals surface area contributed by atoms with Gasteiger partial charge in [-0.15, -0.1) is 0 Å². The molecule has 0 saturated carbocycles. The van der Waals surface area contributed by atoms with Crippen molar-refractivity contribution in [2.45, 2.75) is 25.8 Å². The summed E-state index contributed by atoms with van der Waals surface area (Å²) < 4.78 is 0. The maximum atomic E-state index is 11.4. The third-order valence-corrected chi connectivity index (χ3v) is 2.81. The molecule has 3 heteroatoms. The average Bonchev–Trinajstić information content (AvgIpc) is 2.16. The van der Waals surface area contributed by atoms with Crippen molar-refractivity contribution in [2.24, 2.45) is 16.6 Å². The van der Waals surface area contributed by atoms with Crippen LogP contribution < -0.4 is 5.73 Å². The first-order valence-corrected chi connectivity index (χ1v) is 4.87. The number of nitrogens with zero attached hydrogens (tertiary/aromatic N) is 1. The highest BCUT2D eigenvalue weighted by atomic mass is 16.1. The standard InChI is InChI=1S/C11H14N2O/c1-7(14)9-4-5-13-11-3-2-8(12)6-10(9)11/h2,5-6,9,11H,3-4,12H2,1H3. The van der Waals surface area contributed by atoms with Crippen LogP contribution in [0.15, 0.2) is 28.4 Å². The molecule has 2 rings (SSSR count). The van der Waals surface area contributed by atoms with E-state index in [4.69, 9.17) is 5.73 Å². The number of fused-ring (bicyclic) bond motifs is 1. The summed E-state index contributed by atoms with van der Waals surface area (Å²) in [5.41, 5.74) is 7.59. The van der Waals surface area contributed by atoms with Gasteiger partial charge < -0.3 is 5.73 Å². The van der Waals surface area contributed by atoms with Crippen molar-refractivity contribution in [3.05, 3.63) is 23.4 Å². The molecule has 2 atom stereocenters. The summed E-state index contributed by atoms with van der Waals surface area (Å²) in [5.74, 6) is 0.215. The minimum Gasteiger partial charge on any atom is -0.399 e. The van der Waals surface area contributed by atoms with E-state index in [1.54, 1.807) is 6.92 Å². The minimum absolute atomic E-state index is 0.00440. The molecule has 14 heavy (non-hydrogen) atoms. The van der Waals surface area contributed by atoms with Crippen LogP contribution in [0.1, 0.15) is 19.8 Å². The van der Waals surface area contributed by atoms with Gasteiger partial charge in [0.25, 0.3) is 0 Å². The number of carbonyl (C=O) groups is 1. The third kappa shape index (κ3) is 1.50. The predicted molar refractivity (Wildman–Crippen MR) is 56.0 cm³/mol. The Morgan fingerprint density at radius 3 is 3.07 bits per heavy atom. The van der Waals surface area contributed by atoms with Gasteiger partial charge in [0.2, 0.25) is 0 Å². The zero-order valence-corrected chi connectivity index (χ0v) is 8.23. The SMILES string of the molecule is CC(=O)C1CC=NC2CC=C(N)C=C21. The van der Waals surface area contributed by atoms with Crippen molar-refractivity contribution in [1.82, 2.24) is 0 Å². The van der Waals surface area contributed by atoms with Crippen LogP contribution in [-0.4, -0.2) is 18.0 Å². The molecule has 0 saturated heterocycles. The Hall–Kier alpha value is -1.38. The molecule has 0 fully saturated rings.